The van der Waals surface area contributed by atoms with Crippen LogP contribution in [0.4, 0.5) is 10.2 Å². The molecule has 180 valence electrons. The summed E-state index contributed by atoms with van der Waals surface area (Å²) in [5, 5.41) is 25.1. The third-order valence-electron chi connectivity index (χ3n) is 5.01. The van der Waals surface area contributed by atoms with E-state index < -0.39 is 15.8 Å². The van der Waals surface area contributed by atoms with E-state index in [1.165, 1.54) is 53.2 Å². The number of hydrogen-bond acceptors (Lipinski definition) is 7. The summed E-state index contributed by atoms with van der Waals surface area (Å²) in [6.07, 6.45) is 0.886. The van der Waals surface area contributed by atoms with Crippen LogP contribution in [0.1, 0.15) is 34.5 Å². The zero-order valence-electron chi connectivity index (χ0n) is 18.5. The molecule has 0 aliphatic carbocycles. The second-order valence-electron chi connectivity index (χ2n) is 7.40. The number of nitrogen functional groups attached to an aromatic ring is 1. The summed E-state index contributed by atoms with van der Waals surface area (Å²) < 4.78 is 41.1. The van der Waals surface area contributed by atoms with Crippen LogP contribution in [-0.2, 0) is 16.4 Å². The molecule has 0 saturated carbocycles. The van der Waals surface area contributed by atoms with Crippen molar-refractivity contribution in [2.75, 3.05) is 18.8 Å². The van der Waals surface area contributed by atoms with Crippen LogP contribution in [-0.4, -0.2) is 37.2 Å². The number of carbonyl (C=O) groups is 1. The largest absolute Gasteiger partial charge is 0.382 e. The zero-order chi connectivity index (χ0) is 25.4. The molecule has 1 amide bonds. The van der Waals surface area contributed by atoms with Crippen molar-refractivity contribution in [1.29, 1.82) is 10.5 Å². The van der Waals surface area contributed by atoms with E-state index in [0.717, 1.165) is 0 Å². The molecule has 10 nitrogen and oxygen atoms in total. The van der Waals surface area contributed by atoms with E-state index in [2.05, 4.69) is 15.1 Å². The first-order chi connectivity index (χ1) is 16.8. The molecular weight excluding hydrogens is 473 g/mol. The summed E-state index contributed by atoms with van der Waals surface area (Å²) in [7, 11) is -3.75. The van der Waals surface area contributed by atoms with Crippen molar-refractivity contribution >= 4 is 21.7 Å². The lowest BCUT2D eigenvalue weighted by atomic mass is 10.1. The number of aryl methyl sites for hydroxylation is 1. The molecule has 4 N–H and O–H groups in total. The third kappa shape index (κ3) is 6.20. The van der Waals surface area contributed by atoms with Gasteiger partial charge in [0.25, 0.3) is 5.91 Å². The predicted octanol–water partition coefficient (Wildman–Crippen LogP) is 2.02. The molecule has 12 heteroatoms. The van der Waals surface area contributed by atoms with Crippen molar-refractivity contribution in [3.05, 3.63) is 71.2 Å². The first kappa shape index (κ1) is 25.4. The van der Waals surface area contributed by atoms with E-state index in [9.17, 15) is 22.9 Å². The van der Waals surface area contributed by atoms with Crippen molar-refractivity contribution in [1.82, 2.24) is 19.8 Å². The molecule has 1 heterocycles. The molecule has 0 bridgehead atoms. The number of nitrogens with zero attached hydrogens (tertiary/aromatic N) is 4. The standard InChI is InChI=1S/C23H22FN7O3S/c24-17-6-8-18(9-7-17)31-22(27)20(15-26)21(30-31)3-1-13-28-23(32)16-4-10-19(11-5-16)35(33,34)29-14-2-12-25/h4-11,29H,1-3,13-14,27H2,(H,28,32). The Bertz CT molecular complexity index is 1390. The molecule has 0 aliphatic heterocycles. The number of nitrogens with one attached hydrogen (secondary N) is 2. The van der Waals surface area contributed by atoms with Gasteiger partial charge in [0.2, 0.25) is 10.0 Å². The molecule has 0 spiro atoms. The fourth-order valence-corrected chi connectivity index (χ4v) is 4.26. The minimum atomic E-state index is -3.75. The maximum Gasteiger partial charge on any atom is 0.251 e. The summed E-state index contributed by atoms with van der Waals surface area (Å²) in [5.74, 6) is -0.641. The first-order valence-corrected chi connectivity index (χ1v) is 12.0. The number of halogens is 1. The lowest BCUT2D eigenvalue weighted by molar-refractivity contribution is 0.0953. The minimum absolute atomic E-state index is 0.00236. The van der Waals surface area contributed by atoms with Crippen molar-refractivity contribution in [2.45, 2.75) is 24.2 Å². The number of nitriles is 2. The lowest BCUT2D eigenvalue weighted by Gasteiger charge is -2.07. The Morgan fingerprint density at radius 2 is 1.77 bits per heavy atom. The Kier molecular flexibility index (Phi) is 8.15. The van der Waals surface area contributed by atoms with E-state index in [0.29, 0.717) is 24.2 Å². The third-order valence-corrected chi connectivity index (χ3v) is 6.49. The van der Waals surface area contributed by atoms with Crippen molar-refractivity contribution in [2.24, 2.45) is 0 Å². The molecular formula is C23H22FN7O3S. The SMILES string of the molecule is N#CCCNS(=O)(=O)c1ccc(C(=O)NCCCc2nn(-c3ccc(F)cc3)c(N)c2C#N)cc1. The van der Waals surface area contributed by atoms with Crippen molar-refractivity contribution in [3.63, 3.8) is 0 Å². The summed E-state index contributed by atoms with van der Waals surface area (Å²) in [4.78, 5) is 12.4. The predicted molar refractivity (Wildman–Crippen MR) is 125 cm³/mol. The van der Waals surface area contributed by atoms with Gasteiger partial charge >= 0.3 is 0 Å². The Morgan fingerprint density at radius 3 is 2.40 bits per heavy atom. The first-order valence-electron chi connectivity index (χ1n) is 10.5. The number of benzene rings is 2. The van der Waals surface area contributed by atoms with Crippen molar-refractivity contribution in [3.8, 4) is 17.8 Å². The van der Waals surface area contributed by atoms with Gasteiger partial charge in [-0.1, -0.05) is 0 Å². The molecule has 3 aromatic rings. The maximum absolute atomic E-state index is 13.2. The van der Waals surface area contributed by atoms with Crippen LogP contribution in [0, 0.1) is 28.5 Å². The van der Waals surface area contributed by atoms with Crippen LogP contribution in [0.2, 0.25) is 0 Å². The Morgan fingerprint density at radius 1 is 1.09 bits per heavy atom. The lowest BCUT2D eigenvalue weighted by Crippen LogP contribution is -2.26. The van der Waals surface area contributed by atoms with Crippen LogP contribution in [0.5, 0.6) is 0 Å². The molecule has 0 fully saturated rings. The number of rotatable bonds is 10. The van der Waals surface area contributed by atoms with Crippen LogP contribution in [0.25, 0.3) is 5.69 Å². The topological polar surface area (TPSA) is 167 Å². The number of sulfonamides is 1. The molecule has 0 radical (unpaired) electrons. The zero-order valence-corrected chi connectivity index (χ0v) is 19.3. The molecule has 0 unspecified atom stereocenters. The highest BCUT2D eigenvalue weighted by molar-refractivity contribution is 7.89. The van der Waals surface area contributed by atoms with Crippen LogP contribution >= 0.6 is 0 Å². The van der Waals surface area contributed by atoms with E-state index in [1.54, 1.807) is 0 Å². The van der Waals surface area contributed by atoms with Crippen LogP contribution < -0.4 is 15.8 Å². The summed E-state index contributed by atoms with van der Waals surface area (Å²) in [6, 6.07) is 14.8. The smallest absolute Gasteiger partial charge is 0.251 e. The van der Waals surface area contributed by atoms with Crippen LogP contribution in [0.3, 0.4) is 0 Å². The van der Waals surface area contributed by atoms with Gasteiger partial charge in [0, 0.05) is 25.1 Å². The van der Waals surface area contributed by atoms with Gasteiger partial charge in [-0.25, -0.2) is 22.2 Å². The monoisotopic (exact) mass is 495 g/mol. The summed E-state index contributed by atoms with van der Waals surface area (Å²) >= 11 is 0. The molecule has 0 saturated heterocycles. The van der Waals surface area contributed by atoms with Crippen LogP contribution in [0.15, 0.2) is 53.4 Å². The highest BCUT2D eigenvalue weighted by Gasteiger charge is 2.17. The number of hydrogen-bond donors (Lipinski definition) is 3. The number of anilines is 1. The molecule has 3 rings (SSSR count). The fourth-order valence-electron chi connectivity index (χ4n) is 3.22. The number of carbonyl (C=O) groups excluding carboxylic acids is 1. The molecule has 0 atom stereocenters. The molecule has 2 aromatic carbocycles. The van der Waals surface area contributed by atoms with Gasteiger partial charge < -0.3 is 11.1 Å². The second-order valence-corrected chi connectivity index (χ2v) is 9.16. The van der Waals surface area contributed by atoms with E-state index in [1.807, 2.05) is 12.1 Å². The normalized spacial score (nSPS) is 10.9. The van der Waals surface area contributed by atoms with E-state index >= 15 is 0 Å². The Labute approximate surface area is 201 Å². The molecule has 0 aliphatic rings. The molecule has 35 heavy (non-hydrogen) atoms. The van der Waals surface area contributed by atoms with Gasteiger partial charge in [0.1, 0.15) is 23.3 Å². The van der Waals surface area contributed by atoms with Crippen molar-refractivity contribution < 1.29 is 17.6 Å². The highest BCUT2D eigenvalue weighted by atomic mass is 32.2. The average Bonchev–Trinajstić information content (AvgIpc) is 3.17. The van der Waals surface area contributed by atoms with E-state index in [4.69, 9.17) is 11.0 Å². The van der Waals surface area contributed by atoms with E-state index in [-0.39, 0.29) is 47.3 Å². The Balaban J connectivity index is 1.57. The summed E-state index contributed by atoms with van der Waals surface area (Å²) in [5.41, 5.74) is 7.53. The summed E-state index contributed by atoms with van der Waals surface area (Å²) in [6.45, 7) is 0.283. The average molecular weight is 496 g/mol. The highest BCUT2D eigenvalue weighted by Crippen LogP contribution is 2.21. The maximum atomic E-state index is 13.2. The van der Waals surface area contributed by atoms with Gasteiger partial charge in [-0.3, -0.25) is 4.79 Å². The Hall–Kier alpha value is -4.26. The number of amides is 1. The van der Waals surface area contributed by atoms with Gasteiger partial charge in [0.15, 0.2) is 0 Å². The number of nitrogens with two attached hydrogens (primary N) is 1. The minimum Gasteiger partial charge on any atom is -0.382 e. The van der Waals surface area contributed by atoms with Gasteiger partial charge in [-0.05, 0) is 61.4 Å². The van der Waals surface area contributed by atoms with Gasteiger partial charge in [-0.2, -0.15) is 15.6 Å². The second kappa shape index (κ2) is 11.2. The fraction of sp³-hybridized carbons (Fsp3) is 0.217. The quantitative estimate of drug-likeness (QED) is 0.362. The van der Waals surface area contributed by atoms with Gasteiger partial charge in [-0.15, -0.1) is 0 Å². The number of aromatic nitrogens is 2. The molecule has 1 aromatic heterocycles. The van der Waals surface area contributed by atoms with Gasteiger partial charge in [0.05, 0.1) is 22.3 Å².